The molecule has 17 heavy (non-hydrogen) atoms. The standard InChI is InChI=1S/C9H12N6OS/c1-2-17-4-6(10-1)3-7-13-9(15-16-7)8-11-5-12-14-8/h5-6,10H,1-4H2,(H,11,12,14). The molecule has 2 N–H and O–H groups in total. The van der Waals surface area contributed by atoms with E-state index in [1.54, 1.807) is 0 Å². The van der Waals surface area contributed by atoms with Crippen molar-refractivity contribution >= 4 is 11.8 Å². The third kappa shape index (κ3) is 2.47. The monoisotopic (exact) mass is 252 g/mol. The number of rotatable bonds is 3. The number of nitrogens with zero attached hydrogens (tertiary/aromatic N) is 4. The van der Waals surface area contributed by atoms with Crippen molar-refractivity contribution in [1.82, 2.24) is 30.6 Å². The second-order valence-electron chi connectivity index (χ2n) is 3.78. The lowest BCUT2D eigenvalue weighted by Crippen LogP contribution is -2.38. The average molecular weight is 252 g/mol. The Morgan fingerprint density at radius 2 is 2.53 bits per heavy atom. The lowest BCUT2D eigenvalue weighted by molar-refractivity contribution is 0.363. The Balaban J connectivity index is 1.68. The fourth-order valence-corrected chi connectivity index (χ4v) is 2.66. The van der Waals surface area contributed by atoms with E-state index in [1.807, 2.05) is 11.8 Å². The van der Waals surface area contributed by atoms with Crippen molar-refractivity contribution in [1.29, 1.82) is 0 Å². The van der Waals surface area contributed by atoms with Crippen molar-refractivity contribution in [2.24, 2.45) is 0 Å². The summed E-state index contributed by atoms with van der Waals surface area (Å²) >= 11 is 1.95. The van der Waals surface area contributed by atoms with Crippen LogP contribution >= 0.6 is 11.8 Å². The molecule has 3 rings (SSSR count). The highest BCUT2D eigenvalue weighted by Crippen LogP contribution is 2.14. The van der Waals surface area contributed by atoms with E-state index in [4.69, 9.17) is 4.52 Å². The van der Waals surface area contributed by atoms with Gasteiger partial charge < -0.3 is 9.84 Å². The van der Waals surface area contributed by atoms with Crippen LogP contribution in [0.25, 0.3) is 11.6 Å². The maximum Gasteiger partial charge on any atom is 0.239 e. The van der Waals surface area contributed by atoms with Crippen LogP contribution in [0, 0.1) is 0 Å². The molecule has 3 heterocycles. The Kier molecular flexibility index (Phi) is 3.06. The third-order valence-electron chi connectivity index (χ3n) is 2.51. The van der Waals surface area contributed by atoms with Crippen molar-refractivity contribution in [2.75, 3.05) is 18.1 Å². The van der Waals surface area contributed by atoms with Crippen molar-refractivity contribution < 1.29 is 4.52 Å². The molecule has 0 bridgehead atoms. The van der Waals surface area contributed by atoms with E-state index < -0.39 is 0 Å². The van der Waals surface area contributed by atoms with Crippen LogP contribution < -0.4 is 5.32 Å². The first-order chi connectivity index (χ1) is 8.42. The average Bonchev–Trinajstić information content (AvgIpc) is 3.00. The molecule has 0 aromatic carbocycles. The van der Waals surface area contributed by atoms with E-state index >= 15 is 0 Å². The normalized spacial score (nSPS) is 20.6. The highest BCUT2D eigenvalue weighted by molar-refractivity contribution is 7.99. The minimum absolute atomic E-state index is 0.414. The molecule has 0 amide bonds. The zero-order chi connectivity index (χ0) is 11.5. The molecular weight excluding hydrogens is 240 g/mol. The highest BCUT2D eigenvalue weighted by atomic mass is 32.2. The van der Waals surface area contributed by atoms with E-state index in [1.165, 1.54) is 12.1 Å². The van der Waals surface area contributed by atoms with Gasteiger partial charge in [-0.05, 0) is 0 Å². The summed E-state index contributed by atoms with van der Waals surface area (Å²) in [5.74, 6) is 3.88. The fourth-order valence-electron chi connectivity index (χ4n) is 1.71. The van der Waals surface area contributed by atoms with E-state index in [9.17, 15) is 0 Å². The lowest BCUT2D eigenvalue weighted by atomic mass is 10.2. The smallest absolute Gasteiger partial charge is 0.239 e. The molecule has 90 valence electrons. The first kappa shape index (κ1) is 10.7. The van der Waals surface area contributed by atoms with E-state index in [2.05, 4.69) is 30.6 Å². The zero-order valence-corrected chi connectivity index (χ0v) is 9.90. The van der Waals surface area contributed by atoms with E-state index in [0.29, 0.717) is 23.6 Å². The molecule has 1 unspecified atom stereocenters. The summed E-state index contributed by atoms with van der Waals surface area (Å²) in [6.45, 7) is 1.04. The molecule has 0 aliphatic carbocycles. The predicted octanol–water partition coefficient (Wildman–Crippen LogP) is 0.102. The zero-order valence-electron chi connectivity index (χ0n) is 9.09. The maximum absolute atomic E-state index is 5.19. The molecule has 2 aromatic rings. The van der Waals surface area contributed by atoms with Crippen LogP contribution in [-0.4, -0.2) is 49.4 Å². The van der Waals surface area contributed by atoms with Crippen molar-refractivity contribution in [3.05, 3.63) is 12.2 Å². The van der Waals surface area contributed by atoms with Crippen molar-refractivity contribution in [2.45, 2.75) is 12.5 Å². The summed E-state index contributed by atoms with van der Waals surface area (Å²) in [5, 5.41) is 13.8. The van der Waals surface area contributed by atoms with Crippen LogP contribution in [0.1, 0.15) is 5.89 Å². The van der Waals surface area contributed by atoms with E-state index in [0.717, 1.165) is 18.7 Å². The summed E-state index contributed by atoms with van der Waals surface area (Å²) < 4.78 is 5.19. The van der Waals surface area contributed by atoms with Gasteiger partial charge in [0.25, 0.3) is 0 Å². The molecule has 8 heteroatoms. The Hall–Kier alpha value is -1.41. The van der Waals surface area contributed by atoms with Gasteiger partial charge in [-0.3, -0.25) is 5.10 Å². The molecule has 1 aliphatic heterocycles. The molecule has 1 atom stereocenters. The predicted molar refractivity (Wildman–Crippen MR) is 62.5 cm³/mol. The number of thioether (sulfide) groups is 1. The molecule has 1 fully saturated rings. The lowest BCUT2D eigenvalue weighted by Gasteiger charge is -2.21. The molecule has 7 nitrogen and oxygen atoms in total. The van der Waals surface area contributed by atoms with Crippen LogP contribution in [0.5, 0.6) is 0 Å². The fraction of sp³-hybridized carbons (Fsp3) is 0.556. The van der Waals surface area contributed by atoms with Crippen LogP contribution in [0.2, 0.25) is 0 Å². The van der Waals surface area contributed by atoms with E-state index in [-0.39, 0.29) is 0 Å². The SMILES string of the molecule is c1n[nH]c(-c2noc(CC3CSCCN3)n2)n1. The quantitative estimate of drug-likeness (QED) is 0.800. The van der Waals surface area contributed by atoms with Gasteiger partial charge >= 0.3 is 0 Å². The molecule has 0 spiro atoms. The summed E-state index contributed by atoms with van der Waals surface area (Å²) in [6, 6.07) is 0.414. The number of nitrogens with one attached hydrogen (secondary N) is 2. The van der Waals surface area contributed by atoms with Gasteiger partial charge in [0.2, 0.25) is 11.7 Å². The Bertz CT molecular complexity index is 464. The van der Waals surface area contributed by atoms with Gasteiger partial charge in [0.05, 0.1) is 0 Å². The molecule has 0 saturated carbocycles. The number of aromatic amines is 1. The topological polar surface area (TPSA) is 92.5 Å². The summed E-state index contributed by atoms with van der Waals surface area (Å²) in [5.41, 5.74) is 0. The number of aromatic nitrogens is 5. The second kappa shape index (κ2) is 4.84. The number of hydrogen-bond acceptors (Lipinski definition) is 7. The van der Waals surface area contributed by atoms with Crippen molar-refractivity contribution in [3.63, 3.8) is 0 Å². The number of hydrogen-bond donors (Lipinski definition) is 2. The minimum Gasteiger partial charge on any atom is -0.339 e. The van der Waals surface area contributed by atoms with Gasteiger partial charge in [-0.1, -0.05) is 5.16 Å². The first-order valence-corrected chi connectivity index (χ1v) is 6.57. The minimum atomic E-state index is 0.414. The van der Waals surface area contributed by atoms with Crippen LogP contribution in [0.3, 0.4) is 0 Å². The van der Waals surface area contributed by atoms with Gasteiger partial charge in [-0.25, -0.2) is 4.98 Å². The maximum atomic E-state index is 5.19. The van der Waals surface area contributed by atoms with Gasteiger partial charge in [-0.15, -0.1) is 0 Å². The van der Waals surface area contributed by atoms with Gasteiger partial charge in [0.1, 0.15) is 6.33 Å². The summed E-state index contributed by atoms with van der Waals surface area (Å²) in [7, 11) is 0. The van der Waals surface area contributed by atoms with Crippen LogP contribution in [0.15, 0.2) is 10.9 Å². The third-order valence-corrected chi connectivity index (χ3v) is 3.65. The van der Waals surface area contributed by atoms with Gasteiger partial charge in [0, 0.05) is 30.5 Å². The van der Waals surface area contributed by atoms with Crippen molar-refractivity contribution in [3.8, 4) is 11.6 Å². The van der Waals surface area contributed by atoms with Gasteiger partial charge in [0.15, 0.2) is 5.82 Å². The summed E-state index contributed by atoms with van der Waals surface area (Å²) in [6.07, 6.45) is 2.18. The Labute approximate surface area is 102 Å². The molecule has 1 aliphatic rings. The molecular formula is C9H12N6OS. The highest BCUT2D eigenvalue weighted by Gasteiger charge is 2.18. The van der Waals surface area contributed by atoms with Gasteiger partial charge in [-0.2, -0.15) is 21.8 Å². The molecule has 0 radical (unpaired) electrons. The summed E-state index contributed by atoms with van der Waals surface area (Å²) in [4.78, 5) is 8.26. The van der Waals surface area contributed by atoms with Crippen LogP contribution in [-0.2, 0) is 6.42 Å². The molecule has 1 saturated heterocycles. The largest absolute Gasteiger partial charge is 0.339 e. The van der Waals surface area contributed by atoms with Crippen LogP contribution in [0.4, 0.5) is 0 Å². The number of H-pyrrole nitrogens is 1. The molecule has 2 aromatic heterocycles. The first-order valence-electron chi connectivity index (χ1n) is 5.41. The Morgan fingerprint density at radius 1 is 1.53 bits per heavy atom. The Morgan fingerprint density at radius 3 is 3.29 bits per heavy atom. The second-order valence-corrected chi connectivity index (χ2v) is 4.93.